The van der Waals surface area contributed by atoms with Gasteiger partial charge in [0.2, 0.25) is 5.91 Å². The van der Waals surface area contributed by atoms with Crippen LogP contribution in [-0.2, 0) is 4.79 Å². The Bertz CT molecular complexity index is 213. The zero-order valence-electron chi connectivity index (χ0n) is 9.47. The first-order chi connectivity index (χ1) is 6.43. The second kappa shape index (κ2) is 4.30. The SMILES string of the molecule is CC(CNC1CCCC1(C)C)C(N)=O. The van der Waals surface area contributed by atoms with Crippen LogP contribution < -0.4 is 11.1 Å². The lowest BCUT2D eigenvalue weighted by molar-refractivity contribution is -0.121. The molecular formula is C11H22N2O. The lowest BCUT2D eigenvalue weighted by atomic mass is 9.87. The third-order valence-corrected chi connectivity index (χ3v) is 3.41. The highest BCUT2D eigenvalue weighted by Crippen LogP contribution is 2.37. The van der Waals surface area contributed by atoms with E-state index >= 15 is 0 Å². The molecule has 2 unspecified atom stereocenters. The van der Waals surface area contributed by atoms with Crippen molar-refractivity contribution in [1.82, 2.24) is 5.32 Å². The van der Waals surface area contributed by atoms with E-state index in [1.807, 2.05) is 6.92 Å². The molecule has 1 fully saturated rings. The van der Waals surface area contributed by atoms with Gasteiger partial charge in [-0.15, -0.1) is 0 Å². The normalized spacial score (nSPS) is 27.5. The average molecular weight is 198 g/mol. The summed E-state index contributed by atoms with van der Waals surface area (Å²) < 4.78 is 0. The van der Waals surface area contributed by atoms with Crippen LogP contribution in [0.1, 0.15) is 40.0 Å². The maximum atomic E-state index is 10.8. The predicted octanol–water partition coefficient (Wildman–Crippen LogP) is 1.28. The Balaban J connectivity index is 2.34. The number of hydrogen-bond donors (Lipinski definition) is 2. The van der Waals surface area contributed by atoms with Gasteiger partial charge in [0.05, 0.1) is 0 Å². The summed E-state index contributed by atoms with van der Waals surface area (Å²) in [6.07, 6.45) is 3.78. The fourth-order valence-corrected chi connectivity index (χ4v) is 2.12. The molecule has 1 amide bonds. The summed E-state index contributed by atoms with van der Waals surface area (Å²) >= 11 is 0. The molecule has 0 aromatic carbocycles. The highest BCUT2D eigenvalue weighted by molar-refractivity contribution is 5.76. The molecule has 1 aliphatic carbocycles. The third-order valence-electron chi connectivity index (χ3n) is 3.41. The van der Waals surface area contributed by atoms with Gasteiger partial charge in [-0.1, -0.05) is 27.2 Å². The Morgan fingerprint density at radius 1 is 1.64 bits per heavy atom. The number of nitrogens with one attached hydrogen (secondary N) is 1. The minimum absolute atomic E-state index is 0.0635. The molecule has 0 aromatic rings. The Morgan fingerprint density at radius 2 is 2.29 bits per heavy atom. The largest absolute Gasteiger partial charge is 0.369 e. The molecule has 0 spiro atoms. The van der Waals surface area contributed by atoms with Crippen LogP contribution in [0, 0.1) is 11.3 Å². The summed E-state index contributed by atoms with van der Waals surface area (Å²) in [5, 5.41) is 3.45. The Morgan fingerprint density at radius 3 is 2.71 bits per heavy atom. The van der Waals surface area contributed by atoms with Crippen molar-refractivity contribution in [3.8, 4) is 0 Å². The summed E-state index contributed by atoms with van der Waals surface area (Å²) in [5.41, 5.74) is 5.58. The molecule has 1 aliphatic rings. The van der Waals surface area contributed by atoms with Gasteiger partial charge in [0.25, 0.3) is 0 Å². The predicted molar refractivity (Wildman–Crippen MR) is 57.8 cm³/mol. The molecular weight excluding hydrogens is 176 g/mol. The summed E-state index contributed by atoms with van der Waals surface area (Å²) in [5.74, 6) is -0.278. The lowest BCUT2D eigenvalue weighted by Crippen LogP contribution is -2.42. The number of nitrogens with two attached hydrogens (primary N) is 1. The zero-order valence-corrected chi connectivity index (χ0v) is 9.47. The first kappa shape index (κ1) is 11.5. The van der Waals surface area contributed by atoms with Crippen LogP contribution in [0.5, 0.6) is 0 Å². The van der Waals surface area contributed by atoms with Gasteiger partial charge < -0.3 is 11.1 Å². The summed E-state index contributed by atoms with van der Waals surface area (Å²) in [6, 6.07) is 0.546. The highest BCUT2D eigenvalue weighted by Gasteiger charge is 2.34. The van der Waals surface area contributed by atoms with E-state index in [0.29, 0.717) is 18.0 Å². The van der Waals surface area contributed by atoms with Crippen molar-refractivity contribution in [3.05, 3.63) is 0 Å². The van der Waals surface area contributed by atoms with Crippen LogP contribution in [0.3, 0.4) is 0 Å². The van der Waals surface area contributed by atoms with Crippen LogP contribution >= 0.6 is 0 Å². The molecule has 0 radical (unpaired) electrons. The number of rotatable bonds is 4. The first-order valence-corrected chi connectivity index (χ1v) is 5.46. The molecule has 0 saturated heterocycles. The maximum absolute atomic E-state index is 10.8. The summed E-state index contributed by atoms with van der Waals surface area (Å²) in [6.45, 7) is 7.15. The third kappa shape index (κ3) is 2.71. The van der Waals surface area contributed by atoms with E-state index in [1.54, 1.807) is 0 Å². The monoisotopic (exact) mass is 198 g/mol. The molecule has 1 rings (SSSR count). The molecule has 0 aliphatic heterocycles. The average Bonchev–Trinajstić information content (AvgIpc) is 2.40. The van der Waals surface area contributed by atoms with E-state index < -0.39 is 0 Å². The second-order valence-corrected chi connectivity index (χ2v) is 5.15. The molecule has 0 heterocycles. The fraction of sp³-hybridized carbons (Fsp3) is 0.909. The van der Waals surface area contributed by atoms with Crippen molar-refractivity contribution in [2.24, 2.45) is 17.1 Å². The second-order valence-electron chi connectivity index (χ2n) is 5.15. The zero-order chi connectivity index (χ0) is 10.8. The van der Waals surface area contributed by atoms with E-state index in [1.165, 1.54) is 19.3 Å². The molecule has 0 aromatic heterocycles. The van der Waals surface area contributed by atoms with Crippen LogP contribution in [0.15, 0.2) is 0 Å². The Kier molecular flexibility index (Phi) is 3.53. The molecule has 82 valence electrons. The molecule has 3 heteroatoms. The van der Waals surface area contributed by atoms with Gasteiger partial charge in [-0.05, 0) is 18.3 Å². The van der Waals surface area contributed by atoms with Gasteiger partial charge in [-0.2, -0.15) is 0 Å². The topological polar surface area (TPSA) is 55.1 Å². The van der Waals surface area contributed by atoms with Crippen molar-refractivity contribution < 1.29 is 4.79 Å². The van der Waals surface area contributed by atoms with E-state index in [-0.39, 0.29) is 11.8 Å². The van der Waals surface area contributed by atoms with Gasteiger partial charge in [0.15, 0.2) is 0 Å². The van der Waals surface area contributed by atoms with Crippen molar-refractivity contribution in [1.29, 1.82) is 0 Å². The molecule has 3 nitrogen and oxygen atoms in total. The smallest absolute Gasteiger partial charge is 0.221 e. The number of carbonyl (C=O) groups excluding carboxylic acids is 1. The van der Waals surface area contributed by atoms with Gasteiger partial charge in [-0.25, -0.2) is 0 Å². The van der Waals surface area contributed by atoms with Gasteiger partial charge in [-0.3, -0.25) is 4.79 Å². The van der Waals surface area contributed by atoms with Crippen molar-refractivity contribution >= 4 is 5.91 Å². The molecule has 14 heavy (non-hydrogen) atoms. The standard InChI is InChI=1S/C11H22N2O/c1-8(10(12)14)7-13-9-5-4-6-11(9,2)3/h8-9,13H,4-7H2,1-3H3,(H2,12,14). The minimum Gasteiger partial charge on any atom is -0.369 e. The van der Waals surface area contributed by atoms with Crippen molar-refractivity contribution in [2.45, 2.75) is 46.1 Å². The number of amides is 1. The van der Waals surface area contributed by atoms with Crippen LogP contribution in [0.2, 0.25) is 0 Å². The van der Waals surface area contributed by atoms with E-state index in [2.05, 4.69) is 19.2 Å². The Labute approximate surface area is 86.4 Å². The van der Waals surface area contributed by atoms with E-state index in [4.69, 9.17) is 5.73 Å². The lowest BCUT2D eigenvalue weighted by Gasteiger charge is -2.28. The highest BCUT2D eigenvalue weighted by atomic mass is 16.1. The van der Waals surface area contributed by atoms with E-state index in [0.717, 1.165) is 0 Å². The van der Waals surface area contributed by atoms with Crippen molar-refractivity contribution in [3.63, 3.8) is 0 Å². The summed E-state index contributed by atoms with van der Waals surface area (Å²) in [4.78, 5) is 10.8. The maximum Gasteiger partial charge on any atom is 0.221 e. The molecule has 3 N–H and O–H groups in total. The van der Waals surface area contributed by atoms with Gasteiger partial charge in [0, 0.05) is 18.5 Å². The van der Waals surface area contributed by atoms with Gasteiger partial charge in [0.1, 0.15) is 0 Å². The van der Waals surface area contributed by atoms with Crippen molar-refractivity contribution in [2.75, 3.05) is 6.54 Å². The summed E-state index contributed by atoms with van der Waals surface area (Å²) in [7, 11) is 0. The van der Waals surface area contributed by atoms with Gasteiger partial charge >= 0.3 is 0 Å². The molecule has 0 bridgehead atoms. The quantitative estimate of drug-likeness (QED) is 0.715. The molecule has 1 saturated carbocycles. The number of hydrogen-bond acceptors (Lipinski definition) is 2. The van der Waals surface area contributed by atoms with E-state index in [9.17, 15) is 4.79 Å². The van der Waals surface area contributed by atoms with Crippen LogP contribution in [-0.4, -0.2) is 18.5 Å². The number of carbonyl (C=O) groups is 1. The number of primary amides is 1. The van der Waals surface area contributed by atoms with Crippen LogP contribution in [0.4, 0.5) is 0 Å². The fourth-order valence-electron chi connectivity index (χ4n) is 2.12. The first-order valence-electron chi connectivity index (χ1n) is 5.46. The molecule has 2 atom stereocenters. The minimum atomic E-state index is -0.215. The Hall–Kier alpha value is -0.570. The van der Waals surface area contributed by atoms with Crippen LogP contribution in [0.25, 0.3) is 0 Å².